The van der Waals surface area contributed by atoms with Gasteiger partial charge >= 0.3 is 0 Å². The Kier molecular flexibility index (Phi) is 7.41. The van der Waals surface area contributed by atoms with Crippen LogP contribution >= 0.6 is 12.2 Å². The number of sulfone groups is 1. The van der Waals surface area contributed by atoms with Gasteiger partial charge in [-0.3, -0.25) is 4.72 Å². The van der Waals surface area contributed by atoms with E-state index in [4.69, 9.17) is 12.2 Å². The number of thiocarbonyl (C=S) groups is 1. The van der Waals surface area contributed by atoms with Gasteiger partial charge in [-0.1, -0.05) is 54.2 Å². The zero-order chi connectivity index (χ0) is 24.4. The molecule has 0 bridgehead atoms. The number of benzene rings is 3. The molecule has 0 aliphatic rings. The van der Waals surface area contributed by atoms with Crippen LogP contribution in [0, 0.1) is 20.8 Å². The van der Waals surface area contributed by atoms with E-state index in [2.05, 4.69) is 4.72 Å². The molecule has 174 valence electrons. The van der Waals surface area contributed by atoms with Gasteiger partial charge in [0.05, 0.1) is 15.5 Å². The van der Waals surface area contributed by atoms with Crippen molar-refractivity contribution in [2.45, 2.75) is 43.4 Å². The standard InChI is InChI=1S/C25H27NO4S3/c1-17-13-18(2)25(19(3)14-17)26-33(29,30)24-11-7-21(8-12-24)16-22(31)15-20-5-9-23(10-6-20)32(4,27)28/h5-14,26H,15-16H2,1-4H3. The van der Waals surface area contributed by atoms with Gasteiger partial charge in [0.25, 0.3) is 10.0 Å². The molecule has 3 rings (SSSR count). The molecule has 3 aromatic carbocycles. The van der Waals surface area contributed by atoms with Crippen molar-refractivity contribution in [3.8, 4) is 0 Å². The Morgan fingerprint density at radius 2 is 1.18 bits per heavy atom. The number of aryl methyl sites for hydroxylation is 3. The van der Waals surface area contributed by atoms with Crippen molar-refractivity contribution in [3.63, 3.8) is 0 Å². The highest BCUT2D eigenvalue weighted by Gasteiger charge is 2.17. The molecular weight excluding hydrogens is 474 g/mol. The van der Waals surface area contributed by atoms with Crippen molar-refractivity contribution in [1.29, 1.82) is 0 Å². The number of hydrogen-bond donors (Lipinski definition) is 1. The molecule has 0 fully saturated rings. The van der Waals surface area contributed by atoms with Crippen LogP contribution < -0.4 is 4.72 Å². The molecule has 0 heterocycles. The van der Waals surface area contributed by atoms with Gasteiger partial charge in [0.15, 0.2) is 9.84 Å². The molecule has 0 unspecified atom stereocenters. The van der Waals surface area contributed by atoms with E-state index in [1.807, 2.05) is 32.9 Å². The van der Waals surface area contributed by atoms with Crippen LogP contribution in [0.3, 0.4) is 0 Å². The molecule has 0 aliphatic carbocycles. The summed E-state index contributed by atoms with van der Waals surface area (Å²) < 4.78 is 51.6. The van der Waals surface area contributed by atoms with Gasteiger partial charge in [0.1, 0.15) is 0 Å². The number of rotatable bonds is 8. The molecule has 0 radical (unpaired) electrons. The minimum atomic E-state index is -3.71. The Labute approximate surface area is 201 Å². The van der Waals surface area contributed by atoms with Gasteiger partial charge in [-0.2, -0.15) is 0 Å². The highest BCUT2D eigenvalue weighted by molar-refractivity contribution is 7.92. The average Bonchev–Trinajstić information content (AvgIpc) is 2.71. The van der Waals surface area contributed by atoms with Gasteiger partial charge in [-0.25, -0.2) is 16.8 Å². The van der Waals surface area contributed by atoms with Crippen LogP contribution in [0.25, 0.3) is 0 Å². The van der Waals surface area contributed by atoms with Crippen LogP contribution in [0.5, 0.6) is 0 Å². The van der Waals surface area contributed by atoms with Crippen LogP contribution in [-0.4, -0.2) is 28.0 Å². The number of anilines is 1. The first-order valence-electron chi connectivity index (χ1n) is 10.4. The lowest BCUT2D eigenvalue weighted by Gasteiger charge is -2.14. The summed E-state index contributed by atoms with van der Waals surface area (Å²) in [5.74, 6) is 0. The summed E-state index contributed by atoms with van der Waals surface area (Å²) in [4.78, 5) is 1.24. The van der Waals surface area contributed by atoms with Gasteiger partial charge in [0.2, 0.25) is 0 Å². The molecule has 0 amide bonds. The molecule has 0 saturated heterocycles. The summed E-state index contributed by atoms with van der Waals surface area (Å²) in [5.41, 5.74) is 5.28. The van der Waals surface area contributed by atoms with E-state index < -0.39 is 19.9 Å². The summed E-state index contributed by atoms with van der Waals surface area (Å²) in [7, 11) is -6.94. The maximum absolute atomic E-state index is 12.9. The van der Waals surface area contributed by atoms with Crippen molar-refractivity contribution < 1.29 is 16.8 Å². The lowest BCUT2D eigenvalue weighted by molar-refractivity contribution is 0.599. The topological polar surface area (TPSA) is 80.3 Å². The molecule has 0 aliphatic heterocycles. The second-order valence-electron chi connectivity index (χ2n) is 8.33. The van der Waals surface area contributed by atoms with Gasteiger partial charge in [0, 0.05) is 24.0 Å². The monoisotopic (exact) mass is 501 g/mol. The highest BCUT2D eigenvalue weighted by atomic mass is 32.2. The Balaban J connectivity index is 1.68. The van der Waals surface area contributed by atoms with E-state index in [0.29, 0.717) is 18.5 Å². The van der Waals surface area contributed by atoms with Crippen molar-refractivity contribution >= 4 is 42.6 Å². The van der Waals surface area contributed by atoms with E-state index in [1.54, 1.807) is 48.5 Å². The second kappa shape index (κ2) is 9.75. The Morgan fingerprint density at radius 3 is 1.61 bits per heavy atom. The van der Waals surface area contributed by atoms with E-state index >= 15 is 0 Å². The number of sulfonamides is 1. The van der Waals surface area contributed by atoms with Crippen LogP contribution in [0.1, 0.15) is 27.8 Å². The molecular formula is C25H27NO4S3. The van der Waals surface area contributed by atoms with Crippen LogP contribution in [0.15, 0.2) is 70.5 Å². The summed E-state index contributed by atoms with van der Waals surface area (Å²) >= 11 is 5.51. The molecule has 8 heteroatoms. The molecule has 0 aromatic heterocycles. The third-order valence-corrected chi connectivity index (χ3v) is 8.08. The van der Waals surface area contributed by atoms with Crippen molar-refractivity contribution in [2.75, 3.05) is 11.0 Å². The van der Waals surface area contributed by atoms with E-state index in [9.17, 15) is 16.8 Å². The molecule has 1 N–H and O–H groups in total. The minimum absolute atomic E-state index is 0.188. The van der Waals surface area contributed by atoms with E-state index in [-0.39, 0.29) is 9.79 Å². The number of nitrogens with one attached hydrogen (secondary N) is 1. The second-order valence-corrected chi connectivity index (χ2v) is 12.6. The van der Waals surface area contributed by atoms with Crippen molar-refractivity contribution in [3.05, 3.63) is 88.5 Å². The first-order valence-corrected chi connectivity index (χ1v) is 14.1. The van der Waals surface area contributed by atoms with Gasteiger partial charge < -0.3 is 0 Å². The van der Waals surface area contributed by atoms with Crippen molar-refractivity contribution in [1.82, 2.24) is 0 Å². The van der Waals surface area contributed by atoms with Gasteiger partial charge in [-0.15, -0.1) is 0 Å². The van der Waals surface area contributed by atoms with Crippen LogP contribution in [0.2, 0.25) is 0 Å². The lowest BCUT2D eigenvalue weighted by Crippen LogP contribution is -2.15. The average molecular weight is 502 g/mol. The molecule has 33 heavy (non-hydrogen) atoms. The normalized spacial score (nSPS) is 11.9. The largest absolute Gasteiger partial charge is 0.279 e. The first kappa shape index (κ1) is 25.1. The third-order valence-electron chi connectivity index (χ3n) is 5.30. The SMILES string of the molecule is Cc1cc(C)c(NS(=O)(=O)c2ccc(CC(=S)Cc3ccc(S(C)(=O)=O)cc3)cc2)c(C)c1. The maximum atomic E-state index is 12.9. The van der Waals surface area contributed by atoms with Crippen molar-refractivity contribution in [2.24, 2.45) is 0 Å². The predicted molar refractivity (Wildman–Crippen MR) is 137 cm³/mol. The van der Waals surface area contributed by atoms with E-state index in [0.717, 1.165) is 32.7 Å². The minimum Gasteiger partial charge on any atom is -0.279 e. The fourth-order valence-corrected chi connectivity index (χ4v) is 5.86. The molecule has 3 aromatic rings. The van der Waals surface area contributed by atoms with Crippen LogP contribution in [-0.2, 0) is 32.7 Å². The summed E-state index contributed by atoms with van der Waals surface area (Å²) in [6, 6.07) is 17.3. The summed E-state index contributed by atoms with van der Waals surface area (Å²) in [5, 5.41) is 0. The smallest absolute Gasteiger partial charge is 0.261 e. The molecule has 5 nitrogen and oxygen atoms in total. The summed E-state index contributed by atoms with van der Waals surface area (Å²) in [6.45, 7) is 5.75. The molecule has 0 saturated carbocycles. The Morgan fingerprint density at radius 1 is 0.758 bits per heavy atom. The Bertz CT molecular complexity index is 1370. The third kappa shape index (κ3) is 6.50. The van der Waals surface area contributed by atoms with Crippen LogP contribution in [0.4, 0.5) is 5.69 Å². The zero-order valence-corrected chi connectivity index (χ0v) is 21.5. The van der Waals surface area contributed by atoms with Gasteiger partial charge in [-0.05, 0) is 67.3 Å². The number of hydrogen-bond acceptors (Lipinski definition) is 5. The van der Waals surface area contributed by atoms with E-state index in [1.165, 1.54) is 6.26 Å². The lowest BCUT2D eigenvalue weighted by atomic mass is 10.0. The Hall–Kier alpha value is -2.55. The first-order chi connectivity index (χ1) is 15.3. The zero-order valence-electron chi connectivity index (χ0n) is 19.0. The predicted octanol–water partition coefficient (Wildman–Crippen LogP) is 4.97. The highest BCUT2D eigenvalue weighted by Crippen LogP contribution is 2.25. The summed E-state index contributed by atoms with van der Waals surface area (Å²) in [6.07, 6.45) is 2.23. The molecule has 0 spiro atoms. The fourth-order valence-electron chi connectivity index (χ4n) is 3.69. The molecule has 0 atom stereocenters. The fraction of sp³-hybridized carbons (Fsp3) is 0.240. The quantitative estimate of drug-likeness (QED) is 0.441. The maximum Gasteiger partial charge on any atom is 0.261 e.